The van der Waals surface area contributed by atoms with Crippen molar-refractivity contribution in [2.75, 3.05) is 5.88 Å². The zero-order chi connectivity index (χ0) is 13.0. The van der Waals surface area contributed by atoms with Crippen LogP contribution in [0.15, 0.2) is 41.5 Å². The zero-order valence-corrected chi connectivity index (χ0v) is 11.2. The molecule has 0 aliphatic carbocycles. The summed E-state index contributed by atoms with van der Waals surface area (Å²) in [6, 6.07) is 9.72. The van der Waals surface area contributed by atoms with Gasteiger partial charge < -0.3 is 0 Å². The molecule has 2 aromatic rings. The predicted molar refractivity (Wildman–Crippen MR) is 73.5 cm³/mol. The van der Waals surface area contributed by atoms with Gasteiger partial charge in [-0.25, -0.2) is 4.98 Å². The standard InChI is InChI=1S/C13H12Cl2N2O/c14-7-6-11-12(15)16-9-17(13(11)18)8-10-4-2-1-3-5-10/h1-5,9H,6-8H2. The van der Waals surface area contributed by atoms with Gasteiger partial charge in [0, 0.05) is 5.88 Å². The average molecular weight is 283 g/mol. The number of hydrogen-bond donors (Lipinski definition) is 0. The van der Waals surface area contributed by atoms with E-state index in [0.29, 0.717) is 24.4 Å². The fourth-order valence-corrected chi connectivity index (χ4v) is 2.12. The van der Waals surface area contributed by atoms with E-state index >= 15 is 0 Å². The summed E-state index contributed by atoms with van der Waals surface area (Å²) in [5.74, 6) is 0.353. The first-order valence-electron chi connectivity index (χ1n) is 5.56. The van der Waals surface area contributed by atoms with Crippen molar-refractivity contribution in [1.82, 2.24) is 9.55 Å². The third-order valence-corrected chi connectivity index (χ3v) is 3.13. The lowest BCUT2D eigenvalue weighted by Gasteiger charge is -2.08. The number of halogens is 2. The first-order chi connectivity index (χ1) is 8.72. The molecule has 0 saturated carbocycles. The summed E-state index contributed by atoms with van der Waals surface area (Å²) in [5.41, 5.74) is 1.39. The molecule has 18 heavy (non-hydrogen) atoms. The van der Waals surface area contributed by atoms with E-state index in [-0.39, 0.29) is 10.7 Å². The van der Waals surface area contributed by atoms with E-state index in [0.717, 1.165) is 5.56 Å². The highest BCUT2D eigenvalue weighted by atomic mass is 35.5. The number of aromatic nitrogens is 2. The van der Waals surface area contributed by atoms with E-state index < -0.39 is 0 Å². The predicted octanol–water partition coefficient (Wildman–Crippen LogP) is 2.73. The zero-order valence-electron chi connectivity index (χ0n) is 9.64. The van der Waals surface area contributed by atoms with Gasteiger partial charge in [0.25, 0.3) is 5.56 Å². The molecule has 0 bridgehead atoms. The van der Waals surface area contributed by atoms with Crippen LogP contribution >= 0.6 is 23.2 Å². The first-order valence-corrected chi connectivity index (χ1v) is 6.47. The first kappa shape index (κ1) is 13.1. The lowest BCUT2D eigenvalue weighted by molar-refractivity contribution is 0.722. The Labute approximate surface area is 115 Å². The minimum Gasteiger partial charge on any atom is -0.294 e. The van der Waals surface area contributed by atoms with Crippen LogP contribution in [0.25, 0.3) is 0 Å². The lowest BCUT2D eigenvalue weighted by Crippen LogP contribution is -2.25. The molecule has 2 rings (SSSR count). The van der Waals surface area contributed by atoms with Crippen LogP contribution in [0, 0.1) is 0 Å². The Kier molecular flexibility index (Phi) is 4.39. The van der Waals surface area contributed by atoms with Crippen LogP contribution in [0.2, 0.25) is 5.15 Å². The highest BCUT2D eigenvalue weighted by Crippen LogP contribution is 2.09. The maximum absolute atomic E-state index is 12.2. The lowest BCUT2D eigenvalue weighted by atomic mass is 10.2. The third-order valence-electron chi connectivity index (χ3n) is 2.62. The summed E-state index contributed by atoms with van der Waals surface area (Å²) >= 11 is 11.6. The smallest absolute Gasteiger partial charge is 0.258 e. The largest absolute Gasteiger partial charge is 0.294 e. The molecule has 0 amide bonds. The van der Waals surface area contributed by atoms with Crippen molar-refractivity contribution in [3.8, 4) is 0 Å². The monoisotopic (exact) mass is 282 g/mol. The normalized spacial score (nSPS) is 10.6. The summed E-state index contributed by atoms with van der Waals surface area (Å²) in [6.45, 7) is 0.485. The van der Waals surface area contributed by atoms with Crippen LogP contribution in [0.1, 0.15) is 11.1 Å². The number of rotatable bonds is 4. The summed E-state index contributed by atoms with van der Waals surface area (Å²) in [4.78, 5) is 16.2. The minimum atomic E-state index is -0.125. The Hall–Kier alpha value is -1.32. The third kappa shape index (κ3) is 2.92. The van der Waals surface area contributed by atoms with E-state index in [1.807, 2.05) is 30.3 Å². The Balaban J connectivity index is 2.35. The molecule has 0 radical (unpaired) electrons. The van der Waals surface area contributed by atoms with Gasteiger partial charge >= 0.3 is 0 Å². The van der Waals surface area contributed by atoms with Gasteiger partial charge in [-0.05, 0) is 12.0 Å². The molecule has 0 unspecified atom stereocenters. The van der Waals surface area contributed by atoms with Gasteiger partial charge in [-0.3, -0.25) is 9.36 Å². The van der Waals surface area contributed by atoms with Crippen LogP contribution < -0.4 is 5.56 Å². The van der Waals surface area contributed by atoms with E-state index in [9.17, 15) is 4.79 Å². The number of nitrogens with zero attached hydrogens (tertiary/aromatic N) is 2. The molecule has 1 heterocycles. The van der Waals surface area contributed by atoms with Crippen LogP contribution in [-0.2, 0) is 13.0 Å². The molecule has 0 atom stereocenters. The Morgan fingerprint density at radius 2 is 1.94 bits per heavy atom. The molecule has 0 spiro atoms. The van der Waals surface area contributed by atoms with Crippen LogP contribution in [-0.4, -0.2) is 15.4 Å². The summed E-state index contributed by atoms with van der Waals surface area (Å²) in [5, 5.41) is 0.241. The van der Waals surface area contributed by atoms with E-state index in [1.54, 1.807) is 4.57 Å². The van der Waals surface area contributed by atoms with Gasteiger partial charge in [-0.2, -0.15) is 0 Å². The van der Waals surface area contributed by atoms with Crippen molar-refractivity contribution in [3.63, 3.8) is 0 Å². The van der Waals surface area contributed by atoms with Gasteiger partial charge in [-0.1, -0.05) is 41.9 Å². The van der Waals surface area contributed by atoms with Crippen LogP contribution in [0.4, 0.5) is 0 Å². The van der Waals surface area contributed by atoms with Crippen molar-refractivity contribution < 1.29 is 0 Å². The SMILES string of the molecule is O=c1c(CCCl)c(Cl)ncn1Cc1ccccc1. The Bertz CT molecular complexity index is 581. The van der Waals surface area contributed by atoms with Crippen molar-refractivity contribution in [1.29, 1.82) is 0 Å². The van der Waals surface area contributed by atoms with Crippen LogP contribution in [0.3, 0.4) is 0 Å². The maximum atomic E-state index is 12.2. The van der Waals surface area contributed by atoms with Crippen molar-refractivity contribution >= 4 is 23.2 Å². The van der Waals surface area contributed by atoms with Gasteiger partial charge in [0.05, 0.1) is 18.4 Å². The molecule has 0 saturated heterocycles. The molecule has 0 aliphatic heterocycles. The fraction of sp³-hybridized carbons (Fsp3) is 0.231. The molecule has 1 aromatic heterocycles. The number of hydrogen-bond acceptors (Lipinski definition) is 2. The van der Waals surface area contributed by atoms with Crippen molar-refractivity contribution in [2.45, 2.75) is 13.0 Å². The molecule has 0 aliphatic rings. The highest BCUT2D eigenvalue weighted by Gasteiger charge is 2.09. The Morgan fingerprint density at radius 1 is 1.22 bits per heavy atom. The van der Waals surface area contributed by atoms with Gasteiger partial charge in [0.15, 0.2) is 0 Å². The summed E-state index contributed by atoms with van der Waals surface area (Å²) in [7, 11) is 0. The molecule has 1 aromatic carbocycles. The summed E-state index contributed by atoms with van der Waals surface area (Å²) in [6.07, 6.45) is 1.90. The molecule has 5 heteroatoms. The van der Waals surface area contributed by atoms with Crippen molar-refractivity contribution in [2.24, 2.45) is 0 Å². The topological polar surface area (TPSA) is 34.9 Å². The van der Waals surface area contributed by atoms with Crippen molar-refractivity contribution in [3.05, 3.63) is 63.3 Å². The fourth-order valence-electron chi connectivity index (χ4n) is 1.71. The second-order valence-corrected chi connectivity index (χ2v) is 4.61. The minimum absolute atomic E-state index is 0.125. The molecular weight excluding hydrogens is 271 g/mol. The maximum Gasteiger partial charge on any atom is 0.258 e. The van der Waals surface area contributed by atoms with E-state index in [4.69, 9.17) is 23.2 Å². The summed E-state index contributed by atoms with van der Waals surface area (Å²) < 4.78 is 1.54. The Morgan fingerprint density at radius 3 is 2.61 bits per heavy atom. The second-order valence-electron chi connectivity index (χ2n) is 3.87. The quantitative estimate of drug-likeness (QED) is 0.638. The van der Waals surface area contributed by atoms with E-state index in [1.165, 1.54) is 6.33 Å². The number of alkyl halides is 1. The number of benzene rings is 1. The highest BCUT2D eigenvalue weighted by molar-refractivity contribution is 6.30. The molecule has 0 N–H and O–H groups in total. The molecule has 3 nitrogen and oxygen atoms in total. The molecule has 0 fully saturated rings. The van der Waals surface area contributed by atoms with Gasteiger partial charge in [-0.15, -0.1) is 11.6 Å². The molecule has 94 valence electrons. The average Bonchev–Trinajstić information content (AvgIpc) is 2.39. The van der Waals surface area contributed by atoms with Gasteiger partial charge in [0.2, 0.25) is 0 Å². The molecular formula is C13H12Cl2N2O. The van der Waals surface area contributed by atoms with E-state index in [2.05, 4.69) is 4.98 Å². The van der Waals surface area contributed by atoms with Gasteiger partial charge in [0.1, 0.15) is 5.15 Å². The second kappa shape index (κ2) is 6.03. The van der Waals surface area contributed by atoms with Crippen LogP contribution in [0.5, 0.6) is 0 Å².